The number of imidazole rings is 1. The molecule has 1 heterocycles. The van der Waals surface area contributed by atoms with Gasteiger partial charge in [0.15, 0.2) is 11.6 Å². The molecule has 0 atom stereocenters. The van der Waals surface area contributed by atoms with E-state index in [1.54, 1.807) is 32.2 Å². The number of nitrogens with one attached hydrogen (secondary N) is 1. The smallest absolute Gasteiger partial charge is 0.165 e. The third kappa shape index (κ3) is 2.43. The third-order valence-corrected chi connectivity index (χ3v) is 2.91. The van der Waals surface area contributed by atoms with E-state index in [1.165, 1.54) is 13.2 Å². The Labute approximate surface area is 110 Å². The van der Waals surface area contributed by atoms with Crippen molar-refractivity contribution >= 4 is 0 Å². The Kier molecular flexibility index (Phi) is 3.26. The van der Waals surface area contributed by atoms with Crippen molar-refractivity contribution in [1.82, 2.24) is 9.97 Å². The summed E-state index contributed by atoms with van der Waals surface area (Å²) in [5.41, 5.74) is 0.620. The standard InChI is InChI=1S/C14H14FN3O/c1-14(2,8-16)13-17-7-11(18-13)9-4-5-12(19-3)10(15)6-9/h4-7H,1-3H3,(H,17,18). The maximum Gasteiger partial charge on any atom is 0.165 e. The molecule has 0 fully saturated rings. The molecule has 0 radical (unpaired) electrons. The summed E-state index contributed by atoms with van der Waals surface area (Å²) in [6.07, 6.45) is 1.59. The van der Waals surface area contributed by atoms with E-state index in [1.807, 2.05) is 0 Å². The van der Waals surface area contributed by atoms with Gasteiger partial charge in [0, 0.05) is 5.56 Å². The first-order valence-corrected chi connectivity index (χ1v) is 5.78. The zero-order valence-corrected chi connectivity index (χ0v) is 11.0. The number of nitriles is 1. The van der Waals surface area contributed by atoms with Crippen molar-refractivity contribution < 1.29 is 9.13 Å². The highest BCUT2D eigenvalue weighted by Gasteiger charge is 2.23. The molecule has 2 rings (SSSR count). The van der Waals surface area contributed by atoms with E-state index in [-0.39, 0.29) is 5.75 Å². The minimum Gasteiger partial charge on any atom is -0.494 e. The lowest BCUT2D eigenvalue weighted by atomic mass is 9.95. The number of rotatable bonds is 3. The van der Waals surface area contributed by atoms with Gasteiger partial charge in [-0.25, -0.2) is 9.37 Å². The van der Waals surface area contributed by atoms with E-state index >= 15 is 0 Å². The predicted octanol–water partition coefficient (Wildman–Crippen LogP) is 3.03. The lowest BCUT2D eigenvalue weighted by Gasteiger charge is -2.10. The first kappa shape index (κ1) is 13.1. The Morgan fingerprint density at radius 3 is 2.74 bits per heavy atom. The quantitative estimate of drug-likeness (QED) is 0.921. The van der Waals surface area contributed by atoms with Gasteiger partial charge in [0.2, 0.25) is 0 Å². The highest BCUT2D eigenvalue weighted by molar-refractivity contribution is 5.60. The van der Waals surface area contributed by atoms with E-state index in [9.17, 15) is 4.39 Å². The van der Waals surface area contributed by atoms with Gasteiger partial charge in [0.25, 0.3) is 0 Å². The highest BCUT2D eigenvalue weighted by Crippen LogP contribution is 2.26. The molecule has 1 aromatic heterocycles. The van der Waals surface area contributed by atoms with Crippen LogP contribution in [0.15, 0.2) is 24.4 Å². The summed E-state index contributed by atoms with van der Waals surface area (Å²) < 4.78 is 18.5. The van der Waals surface area contributed by atoms with Crippen molar-refractivity contribution in [3.63, 3.8) is 0 Å². The Morgan fingerprint density at radius 1 is 1.42 bits per heavy atom. The second kappa shape index (κ2) is 4.73. The van der Waals surface area contributed by atoms with Gasteiger partial charge < -0.3 is 9.72 Å². The van der Waals surface area contributed by atoms with E-state index in [0.29, 0.717) is 17.1 Å². The van der Waals surface area contributed by atoms with Gasteiger partial charge >= 0.3 is 0 Å². The van der Waals surface area contributed by atoms with Crippen molar-refractivity contribution in [2.45, 2.75) is 19.3 Å². The summed E-state index contributed by atoms with van der Waals surface area (Å²) in [6, 6.07) is 6.83. The van der Waals surface area contributed by atoms with Gasteiger partial charge in [-0.1, -0.05) is 0 Å². The molecule has 0 spiro atoms. The average Bonchev–Trinajstić information content (AvgIpc) is 2.89. The first-order chi connectivity index (χ1) is 8.97. The van der Waals surface area contributed by atoms with Crippen LogP contribution in [0.25, 0.3) is 11.3 Å². The average molecular weight is 259 g/mol. The molecule has 0 aliphatic carbocycles. The third-order valence-electron chi connectivity index (χ3n) is 2.91. The fourth-order valence-corrected chi connectivity index (χ4v) is 1.67. The minimum absolute atomic E-state index is 0.195. The number of H-pyrrole nitrogens is 1. The number of aromatic amines is 1. The normalized spacial score (nSPS) is 11.1. The van der Waals surface area contributed by atoms with Gasteiger partial charge in [0.1, 0.15) is 11.2 Å². The Hall–Kier alpha value is -2.35. The van der Waals surface area contributed by atoms with Crippen LogP contribution in [0.5, 0.6) is 5.75 Å². The highest BCUT2D eigenvalue weighted by atomic mass is 19.1. The molecule has 19 heavy (non-hydrogen) atoms. The number of hydrogen-bond donors (Lipinski definition) is 1. The molecule has 2 aromatic rings. The van der Waals surface area contributed by atoms with Gasteiger partial charge in [0.05, 0.1) is 25.1 Å². The summed E-state index contributed by atoms with van der Waals surface area (Å²) in [5.74, 6) is 0.317. The van der Waals surface area contributed by atoms with E-state index < -0.39 is 11.2 Å². The van der Waals surface area contributed by atoms with E-state index in [4.69, 9.17) is 10.00 Å². The Bertz CT molecular complexity index is 640. The molecule has 0 amide bonds. The number of methoxy groups -OCH3 is 1. The number of hydrogen-bond acceptors (Lipinski definition) is 3. The number of benzene rings is 1. The molecular weight excluding hydrogens is 245 g/mol. The van der Waals surface area contributed by atoms with Crippen LogP contribution in [0, 0.1) is 17.1 Å². The van der Waals surface area contributed by atoms with Crippen LogP contribution in [-0.4, -0.2) is 17.1 Å². The van der Waals surface area contributed by atoms with Crippen LogP contribution >= 0.6 is 0 Å². The van der Waals surface area contributed by atoms with Crippen LogP contribution in [0.1, 0.15) is 19.7 Å². The Balaban J connectivity index is 2.39. The van der Waals surface area contributed by atoms with Gasteiger partial charge in [-0.05, 0) is 32.0 Å². The lowest BCUT2D eigenvalue weighted by molar-refractivity contribution is 0.386. The molecule has 1 N–H and O–H groups in total. The fraction of sp³-hybridized carbons (Fsp3) is 0.286. The molecule has 5 heteroatoms. The van der Waals surface area contributed by atoms with Crippen molar-refractivity contribution in [3.05, 3.63) is 36.0 Å². The van der Waals surface area contributed by atoms with Gasteiger partial charge in [-0.2, -0.15) is 5.26 Å². The molecule has 0 saturated carbocycles. The number of nitrogens with zero attached hydrogens (tertiary/aromatic N) is 2. The Morgan fingerprint density at radius 2 is 2.16 bits per heavy atom. The molecule has 4 nitrogen and oxygen atoms in total. The summed E-state index contributed by atoms with van der Waals surface area (Å²) in [4.78, 5) is 7.22. The van der Waals surface area contributed by atoms with Crippen molar-refractivity contribution in [2.75, 3.05) is 7.11 Å². The van der Waals surface area contributed by atoms with Gasteiger partial charge in [-0.3, -0.25) is 0 Å². The largest absolute Gasteiger partial charge is 0.494 e. The van der Waals surface area contributed by atoms with Crippen LogP contribution in [-0.2, 0) is 5.41 Å². The van der Waals surface area contributed by atoms with Crippen LogP contribution in [0.2, 0.25) is 0 Å². The monoisotopic (exact) mass is 259 g/mol. The second-order valence-electron chi connectivity index (χ2n) is 4.73. The molecule has 98 valence electrons. The second-order valence-corrected chi connectivity index (χ2v) is 4.73. The lowest BCUT2D eigenvalue weighted by Crippen LogP contribution is -2.15. The zero-order chi connectivity index (χ0) is 14.0. The van der Waals surface area contributed by atoms with Crippen LogP contribution in [0.4, 0.5) is 4.39 Å². The molecular formula is C14H14FN3O. The minimum atomic E-state index is -0.705. The number of aromatic nitrogens is 2. The summed E-state index contributed by atoms with van der Waals surface area (Å²) in [6.45, 7) is 3.54. The molecule has 0 aliphatic heterocycles. The van der Waals surface area contributed by atoms with Crippen molar-refractivity contribution in [3.8, 4) is 23.1 Å². The number of halogens is 1. The maximum absolute atomic E-state index is 13.6. The maximum atomic E-state index is 13.6. The van der Waals surface area contributed by atoms with Crippen molar-refractivity contribution in [1.29, 1.82) is 5.26 Å². The van der Waals surface area contributed by atoms with E-state index in [2.05, 4.69) is 16.0 Å². The summed E-state index contributed by atoms with van der Waals surface area (Å²) >= 11 is 0. The van der Waals surface area contributed by atoms with Crippen LogP contribution in [0.3, 0.4) is 0 Å². The first-order valence-electron chi connectivity index (χ1n) is 5.78. The fourth-order valence-electron chi connectivity index (χ4n) is 1.67. The summed E-state index contributed by atoms with van der Waals surface area (Å²) in [7, 11) is 1.42. The SMILES string of the molecule is COc1ccc(-c2cnc(C(C)(C)C#N)[nH]2)cc1F. The molecule has 1 aromatic carbocycles. The van der Waals surface area contributed by atoms with Crippen LogP contribution < -0.4 is 4.74 Å². The molecule has 0 unspecified atom stereocenters. The van der Waals surface area contributed by atoms with E-state index in [0.717, 1.165) is 0 Å². The summed E-state index contributed by atoms with van der Waals surface area (Å²) in [5, 5.41) is 9.05. The topological polar surface area (TPSA) is 61.7 Å². The zero-order valence-electron chi connectivity index (χ0n) is 11.0. The molecule has 0 bridgehead atoms. The molecule has 0 aliphatic rings. The van der Waals surface area contributed by atoms with Gasteiger partial charge in [-0.15, -0.1) is 0 Å². The van der Waals surface area contributed by atoms with Crippen molar-refractivity contribution in [2.24, 2.45) is 0 Å². The number of ether oxygens (including phenoxy) is 1. The molecule has 0 saturated heterocycles. The predicted molar refractivity (Wildman–Crippen MR) is 69.2 cm³/mol.